The van der Waals surface area contributed by atoms with Crippen molar-refractivity contribution >= 4 is 52.0 Å². The molecule has 0 N–H and O–H groups in total. The minimum atomic E-state index is -0.521. The van der Waals surface area contributed by atoms with Crippen LogP contribution in [0.5, 0.6) is 17.2 Å². The van der Waals surface area contributed by atoms with Crippen LogP contribution in [0.1, 0.15) is 5.56 Å². The standard InChI is InChI=1S/C42H37N3O6/c1-6-40(46)49-37-25-15-30(16-26-37)29-45(33-21-17-31(18-22-33)43(4)35-11-9-13-38(27-35)50-41(47)7-2)34-23-19-32(20-24-34)44(5)36-12-10-14-39(28-36)51-42(48)8-3/h6-28H,1-3,29H2,4-5H3. The summed E-state index contributed by atoms with van der Waals surface area (Å²) in [6.45, 7) is 10.9. The summed E-state index contributed by atoms with van der Waals surface area (Å²) in [5, 5.41) is 0. The van der Waals surface area contributed by atoms with Crippen LogP contribution in [0.25, 0.3) is 0 Å². The fourth-order valence-corrected chi connectivity index (χ4v) is 5.17. The largest absolute Gasteiger partial charge is 0.423 e. The van der Waals surface area contributed by atoms with Crippen LogP contribution < -0.4 is 28.9 Å². The topological polar surface area (TPSA) is 88.6 Å². The first-order chi connectivity index (χ1) is 24.7. The fraction of sp³-hybridized carbons (Fsp3) is 0.0714. The van der Waals surface area contributed by atoms with Crippen molar-refractivity contribution in [3.63, 3.8) is 0 Å². The van der Waals surface area contributed by atoms with Gasteiger partial charge in [0.25, 0.3) is 0 Å². The number of anilines is 6. The number of hydrogen-bond donors (Lipinski definition) is 0. The highest BCUT2D eigenvalue weighted by Gasteiger charge is 2.15. The summed E-state index contributed by atoms with van der Waals surface area (Å²) in [5.41, 5.74) is 6.43. The van der Waals surface area contributed by atoms with Gasteiger partial charge in [0, 0.05) is 85.1 Å². The molecule has 0 fully saturated rings. The maximum absolute atomic E-state index is 11.7. The van der Waals surface area contributed by atoms with Gasteiger partial charge in [-0.05, 0) is 90.5 Å². The minimum Gasteiger partial charge on any atom is -0.423 e. The van der Waals surface area contributed by atoms with E-state index < -0.39 is 17.9 Å². The SMILES string of the molecule is C=CC(=O)Oc1ccc(CN(c2ccc(N(C)c3cccc(OC(=O)C=C)c3)cc2)c2ccc(N(C)c3cccc(OC(=O)C=C)c3)cc2)cc1. The van der Waals surface area contributed by atoms with E-state index in [1.165, 1.54) is 0 Å². The van der Waals surface area contributed by atoms with E-state index in [0.29, 0.717) is 23.8 Å². The van der Waals surface area contributed by atoms with Crippen LogP contribution in [0.4, 0.5) is 34.1 Å². The van der Waals surface area contributed by atoms with E-state index in [2.05, 4.69) is 24.6 Å². The second-order valence-corrected chi connectivity index (χ2v) is 11.3. The number of esters is 3. The number of nitrogens with zero attached hydrogens (tertiary/aromatic N) is 3. The Morgan fingerprint density at radius 3 is 1.25 bits per heavy atom. The molecule has 9 heteroatoms. The number of hydrogen-bond acceptors (Lipinski definition) is 9. The van der Waals surface area contributed by atoms with Gasteiger partial charge >= 0.3 is 17.9 Å². The van der Waals surface area contributed by atoms with Gasteiger partial charge in [0.2, 0.25) is 0 Å². The van der Waals surface area contributed by atoms with Crippen LogP contribution in [0.15, 0.2) is 159 Å². The zero-order chi connectivity index (χ0) is 36.3. The van der Waals surface area contributed by atoms with E-state index >= 15 is 0 Å². The molecule has 0 aliphatic heterocycles. The van der Waals surface area contributed by atoms with Crippen molar-refractivity contribution < 1.29 is 28.6 Å². The van der Waals surface area contributed by atoms with Crippen molar-refractivity contribution in [1.29, 1.82) is 0 Å². The first kappa shape index (κ1) is 35.4. The second kappa shape index (κ2) is 16.5. The summed E-state index contributed by atoms with van der Waals surface area (Å²) in [6, 6.07) is 38.2. The summed E-state index contributed by atoms with van der Waals surface area (Å²) in [5.74, 6) is -0.278. The van der Waals surface area contributed by atoms with Gasteiger partial charge in [-0.2, -0.15) is 0 Å². The number of benzene rings is 5. The molecule has 9 nitrogen and oxygen atoms in total. The monoisotopic (exact) mass is 679 g/mol. The molecule has 5 rings (SSSR count). The highest BCUT2D eigenvalue weighted by atomic mass is 16.5. The lowest BCUT2D eigenvalue weighted by Gasteiger charge is -2.28. The Labute approximate surface area is 297 Å². The Hall–Kier alpha value is -6.87. The van der Waals surface area contributed by atoms with E-state index in [0.717, 1.165) is 57.9 Å². The van der Waals surface area contributed by atoms with Crippen molar-refractivity contribution in [3.8, 4) is 17.2 Å². The first-order valence-electron chi connectivity index (χ1n) is 15.9. The fourth-order valence-electron chi connectivity index (χ4n) is 5.17. The predicted octanol–water partition coefficient (Wildman–Crippen LogP) is 8.83. The third-order valence-electron chi connectivity index (χ3n) is 7.93. The van der Waals surface area contributed by atoms with E-state index in [1.54, 1.807) is 36.4 Å². The van der Waals surface area contributed by atoms with Gasteiger partial charge in [-0.15, -0.1) is 0 Å². The lowest BCUT2D eigenvalue weighted by atomic mass is 10.1. The summed E-state index contributed by atoms with van der Waals surface area (Å²) < 4.78 is 15.9. The minimum absolute atomic E-state index is 0.426. The Morgan fingerprint density at radius 1 is 0.490 bits per heavy atom. The number of carbonyl (C=O) groups excluding carboxylic acids is 3. The molecule has 5 aromatic rings. The highest BCUT2D eigenvalue weighted by Crippen LogP contribution is 2.34. The molecular weight excluding hydrogens is 642 g/mol. The average Bonchev–Trinajstić information content (AvgIpc) is 3.17. The normalized spacial score (nSPS) is 10.3. The molecule has 0 aliphatic rings. The molecule has 0 saturated carbocycles. The molecule has 256 valence electrons. The van der Waals surface area contributed by atoms with E-state index in [1.807, 2.05) is 109 Å². The summed E-state index contributed by atoms with van der Waals surface area (Å²) in [7, 11) is 3.88. The average molecular weight is 680 g/mol. The van der Waals surface area contributed by atoms with Crippen LogP contribution in [-0.4, -0.2) is 32.0 Å². The van der Waals surface area contributed by atoms with Gasteiger partial charge in [-0.1, -0.05) is 44.0 Å². The number of rotatable bonds is 14. The van der Waals surface area contributed by atoms with Crippen molar-refractivity contribution in [1.82, 2.24) is 0 Å². The molecule has 0 atom stereocenters. The molecule has 0 aliphatic carbocycles. The summed E-state index contributed by atoms with van der Waals surface area (Å²) in [4.78, 5) is 41.3. The van der Waals surface area contributed by atoms with Gasteiger partial charge in [-0.25, -0.2) is 14.4 Å². The zero-order valence-electron chi connectivity index (χ0n) is 28.4. The molecule has 0 saturated heterocycles. The highest BCUT2D eigenvalue weighted by molar-refractivity contribution is 5.84. The molecule has 0 spiro atoms. The second-order valence-electron chi connectivity index (χ2n) is 11.3. The summed E-state index contributed by atoms with van der Waals surface area (Å²) >= 11 is 0. The molecule has 0 heterocycles. The van der Waals surface area contributed by atoms with E-state index in [9.17, 15) is 14.4 Å². The third kappa shape index (κ3) is 9.18. The number of ether oxygens (including phenoxy) is 3. The first-order valence-corrected chi connectivity index (χ1v) is 15.9. The molecule has 0 unspecified atom stereocenters. The van der Waals surface area contributed by atoms with Gasteiger partial charge in [0.1, 0.15) is 17.2 Å². The molecule has 5 aromatic carbocycles. The molecule has 0 amide bonds. The van der Waals surface area contributed by atoms with Crippen LogP contribution in [0.3, 0.4) is 0 Å². The van der Waals surface area contributed by atoms with E-state index in [-0.39, 0.29) is 0 Å². The predicted molar refractivity (Wildman–Crippen MR) is 202 cm³/mol. The van der Waals surface area contributed by atoms with Crippen molar-refractivity contribution in [3.05, 3.63) is 165 Å². The quantitative estimate of drug-likeness (QED) is 0.0649. The smallest absolute Gasteiger partial charge is 0.335 e. The lowest BCUT2D eigenvalue weighted by molar-refractivity contribution is -0.129. The molecule has 0 bridgehead atoms. The molecule has 0 radical (unpaired) electrons. The Morgan fingerprint density at radius 2 is 0.863 bits per heavy atom. The lowest BCUT2D eigenvalue weighted by Crippen LogP contribution is -2.17. The van der Waals surface area contributed by atoms with Gasteiger partial charge in [0.05, 0.1) is 0 Å². The maximum atomic E-state index is 11.7. The Bertz CT molecular complexity index is 1920. The van der Waals surface area contributed by atoms with Crippen LogP contribution in [0.2, 0.25) is 0 Å². The van der Waals surface area contributed by atoms with Gasteiger partial charge in [0.15, 0.2) is 0 Å². The summed E-state index contributed by atoms with van der Waals surface area (Å²) in [6.07, 6.45) is 3.38. The van der Waals surface area contributed by atoms with Crippen molar-refractivity contribution in [2.75, 3.05) is 28.8 Å². The molecular formula is C42H37N3O6. The van der Waals surface area contributed by atoms with Gasteiger partial charge in [-0.3, -0.25) is 0 Å². The Kier molecular flexibility index (Phi) is 11.5. The maximum Gasteiger partial charge on any atom is 0.335 e. The van der Waals surface area contributed by atoms with Crippen LogP contribution >= 0.6 is 0 Å². The van der Waals surface area contributed by atoms with Crippen LogP contribution in [-0.2, 0) is 20.9 Å². The zero-order valence-corrected chi connectivity index (χ0v) is 28.4. The van der Waals surface area contributed by atoms with Gasteiger partial charge < -0.3 is 28.9 Å². The van der Waals surface area contributed by atoms with E-state index in [4.69, 9.17) is 14.2 Å². The Balaban J connectivity index is 1.42. The van der Waals surface area contributed by atoms with Crippen molar-refractivity contribution in [2.45, 2.75) is 6.54 Å². The number of carbonyl (C=O) groups is 3. The van der Waals surface area contributed by atoms with Crippen LogP contribution in [0, 0.1) is 0 Å². The van der Waals surface area contributed by atoms with Crippen molar-refractivity contribution in [2.24, 2.45) is 0 Å². The molecule has 51 heavy (non-hydrogen) atoms. The third-order valence-corrected chi connectivity index (χ3v) is 7.93. The molecule has 0 aromatic heterocycles.